The van der Waals surface area contributed by atoms with E-state index < -0.39 is 11.7 Å². The highest BCUT2D eigenvalue weighted by Gasteiger charge is 2.37. The van der Waals surface area contributed by atoms with E-state index in [-0.39, 0.29) is 29.7 Å². The minimum absolute atomic E-state index is 0.0117. The van der Waals surface area contributed by atoms with Crippen LogP contribution in [0.1, 0.15) is 32.3 Å². The first kappa shape index (κ1) is 20.1. The average Bonchev–Trinajstić information content (AvgIpc) is 2.62. The van der Waals surface area contributed by atoms with Gasteiger partial charge in [-0.2, -0.15) is 13.2 Å². The molecule has 144 valence electrons. The van der Waals surface area contributed by atoms with Crippen LogP contribution in [0, 0.1) is 5.92 Å². The summed E-state index contributed by atoms with van der Waals surface area (Å²) in [7, 11) is 0. The summed E-state index contributed by atoms with van der Waals surface area (Å²) in [6, 6.07) is 3.91. The first-order chi connectivity index (χ1) is 12.3. The molecule has 2 N–H and O–H groups in total. The van der Waals surface area contributed by atoms with Crippen LogP contribution in [0.4, 0.5) is 24.5 Å². The number of benzene rings is 1. The van der Waals surface area contributed by atoms with E-state index in [0.29, 0.717) is 32.5 Å². The Bertz CT molecular complexity index is 656. The molecule has 1 unspecified atom stereocenters. The lowest BCUT2D eigenvalue weighted by Crippen LogP contribution is -2.45. The summed E-state index contributed by atoms with van der Waals surface area (Å²) in [4.78, 5) is 19.7. The topological polar surface area (TPSA) is 61.9 Å². The van der Waals surface area contributed by atoms with E-state index in [1.54, 1.807) is 9.80 Å². The van der Waals surface area contributed by atoms with Crippen molar-refractivity contribution in [1.29, 1.82) is 0 Å². The molecule has 0 radical (unpaired) electrons. The zero-order valence-electron chi connectivity index (χ0n) is 15.1. The molecule has 2 rings (SSSR count). The molecule has 1 fully saturated rings. The lowest BCUT2D eigenvalue weighted by Gasteiger charge is -2.37. The van der Waals surface area contributed by atoms with Gasteiger partial charge < -0.3 is 15.5 Å². The van der Waals surface area contributed by atoms with Crippen LogP contribution in [0.5, 0.6) is 0 Å². The summed E-state index contributed by atoms with van der Waals surface area (Å²) >= 11 is 0. The van der Waals surface area contributed by atoms with E-state index in [9.17, 15) is 18.0 Å². The van der Waals surface area contributed by atoms with Gasteiger partial charge in [0.05, 0.1) is 23.5 Å². The van der Waals surface area contributed by atoms with Crippen molar-refractivity contribution in [2.24, 2.45) is 16.6 Å². The van der Waals surface area contributed by atoms with Gasteiger partial charge in [0, 0.05) is 31.9 Å². The molecule has 1 aromatic rings. The highest BCUT2D eigenvalue weighted by atomic mass is 19.4. The van der Waals surface area contributed by atoms with Gasteiger partial charge in [-0.1, -0.05) is 0 Å². The van der Waals surface area contributed by atoms with Gasteiger partial charge in [0.2, 0.25) is 5.91 Å². The molecule has 5 nitrogen and oxygen atoms in total. The van der Waals surface area contributed by atoms with Crippen molar-refractivity contribution in [3.05, 3.63) is 23.8 Å². The van der Waals surface area contributed by atoms with Gasteiger partial charge in [0.15, 0.2) is 0 Å². The van der Waals surface area contributed by atoms with Gasteiger partial charge in [0.1, 0.15) is 0 Å². The van der Waals surface area contributed by atoms with Crippen molar-refractivity contribution >= 4 is 23.6 Å². The van der Waals surface area contributed by atoms with Gasteiger partial charge in [-0.25, -0.2) is 4.99 Å². The average molecular weight is 370 g/mol. The fraction of sp³-hybridized carbons (Fsp3) is 0.556. The summed E-state index contributed by atoms with van der Waals surface area (Å²) in [6.45, 7) is 5.79. The Labute approximate surface area is 151 Å². The molecule has 0 bridgehead atoms. The summed E-state index contributed by atoms with van der Waals surface area (Å²) in [6.07, 6.45) is -2.17. The Morgan fingerprint density at radius 3 is 2.65 bits per heavy atom. The van der Waals surface area contributed by atoms with E-state index in [1.807, 2.05) is 13.8 Å². The molecule has 1 amide bonds. The van der Waals surface area contributed by atoms with Crippen molar-refractivity contribution in [1.82, 2.24) is 4.90 Å². The molecule has 0 aliphatic carbocycles. The van der Waals surface area contributed by atoms with E-state index in [2.05, 4.69) is 4.99 Å². The molecule has 1 aliphatic rings. The highest BCUT2D eigenvalue weighted by molar-refractivity contribution is 5.80. The minimum atomic E-state index is -4.51. The monoisotopic (exact) mass is 370 g/mol. The molecule has 26 heavy (non-hydrogen) atoms. The number of carbonyl (C=O) groups is 1. The number of anilines is 1. The van der Waals surface area contributed by atoms with Crippen LogP contribution in [-0.4, -0.2) is 43.3 Å². The molecule has 1 heterocycles. The Morgan fingerprint density at radius 1 is 1.38 bits per heavy atom. The van der Waals surface area contributed by atoms with Crippen LogP contribution in [0.3, 0.4) is 0 Å². The second-order valence-corrected chi connectivity index (χ2v) is 6.27. The first-order valence-electron chi connectivity index (χ1n) is 8.81. The standard InChI is InChI=1S/C18H25F3N4O/c1-3-24(4-2)17(26)13-6-5-9-25(11-13)16-8-7-14(23-12-22)10-15(16)18(19,20)21/h7-8,10,12-13H,3-6,9,11H2,1-2H3,(H2,22,23). The maximum Gasteiger partial charge on any atom is 0.418 e. The van der Waals surface area contributed by atoms with Crippen molar-refractivity contribution in [3.63, 3.8) is 0 Å². The van der Waals surface area contributed by atoms with Crippen molar-refractivity contribution in [2.75, 3.05) is 31.1 Å². The molecule has 1 aromatic carbocycles. The molecule has 1 aliphatic heterocycles. The molecular weight excluding hydrogens is 345 g/mol. The maximum atomic E-state index is 13.5. The summed E-state index contributed by atoms with van der Waals surface area (Å²) < 4.78 is 40.6. The van der Waals surface area contributed by atoms with Crippen LogP contribution in [0.25, 0.3) is 0 Å². The van der Waals surface area contributed by atoms with E-state index in [0.717, 1.165) is 12.4 Å². The lowest BCUT2D eigenvalue weighted by molar-refractivity contribution is -0.137. The zero-order valence-corrected chi connectivity index (χ0v) is 15.1. The minimum Gasteiger partial charge on any atom is -0.390 e. The third kappa shape index (κ3) is 4.47. The number of aliphatic imine (C=N–C) groups is 1. The van der Waals surface area contributed by atoms with Crippen LogP contribution in [0.15, 0.2) is 23.2 Å². The summed E-state index contributed by atoms with van der Waals surface area (Å²) in [5.74, 6) is -0.274. The van der Waals surface area contributed by atoms with E-state index in [4.69, 9.17) is 5.73 Å². The predicted octanol–water partition coefficient (Wildman–Crippen LogP) is 3.41. The van der Waals surface area contributed by atoms with Crippen molar-refractivity contribution in [2.45, 2.75) is 32.9 Å². The molecule has 0 aromatic heterocycles. The number of alkyl halides is 3. The molecule has 0 saturated carbocycles. The SMILES string of the molecule is CCN(CC)C(=O)C1CCCN(c2ccc(N=CN)cc2C(F)(F)F)C1. The number of nitrogens with zero attached hydrogens (tertiary/aromatic N) is 3. The zero-order chi connectivity index (χ0) is 19.3. The molecule has 1 atom stereocenters. The van der Waals surface area contributed by atoms with Gasteiger partial charge in [-0.15, -0.1) is 0 Å². The normalized spacial score (nSPS) is 18.3. The van der Waals surface area contributed by atoms with Crippen molar-refractivity contribution < 1.29 is 18.0 Å². The van der Waals surface area contributed by atoms with E-state index >= 15 is 0 Å². The Kier molecular flexibility index (Phi) is 6.50. The number of hydrogen-bond acceptors (Lipinski definition) is 3. The smallest absolute Gasteiger partial charge is 0.390 e. The largest absolute Gasteiger partial charge is 0.418 e. The van der Waals surface area contributed by atoms with Crippen molar-refractivity contribution in [3.8, 4) is 0 Å². The van der Waals surface area contributed by atoms with Gasteiger partial charge in [-0.05, 0) is 44.9 Å². The second kappa shape index (κ2) is 8.42. The quantitative estimate of drug-likeness (QED) is 0.638. The fourth-order valence-electron chi connectivity index (χ4n) is 3.38. The van der Waals surface area contributed by atoms with Gasteiger partial charge in [0.25, 0.3) is 0 Å². The van der Waals surface area contributed by atoms with Crippen LogP contribution >= 0.6 is 0 Å². The predicted molar refractivity (Wildman–Crippen MR) is 96.6 cm³/mol. The number of piperidine rings is 1. The maximum absolute atomic E-state index is 13.5. The number of amides is 1. The Hall–Kier alpha value is -2.25. The number of hydrogen-bond donors (Lipinski definition) is 1. The van der Waals surface area contributed by atoms with Crippen LogP contribution < -0.4 is 10.6 Å². The molecule has 8 heteroatoms. The Morgan fingerprint density at radius 2 is 2.08 bits per heavy atom. The van der Waals surface area contributed by atoms with E-state index in [1.165, 1.54) is 12.1 Å². The molecule has 1 saturated heterocycles. The second-order valence-electron chi connectivity index (χ2n) is 6.27. The van der Waals surface area contributed by atoms with Crippen LogP contribution in [0.2, 0.25) is 0 Å². The lowest BCUT2D eigenvalue weighted by atomic mass is 9.95. The van der Waals surface area contributed by atoms with Gasteiger partial charge in [-0.3, -0.25) is 4.79 Å². The Balaban J connectivity index is 2.31. The number of rotatable bonds is 5. The highest BCUT2D eigenvalue weighted by Crippen LogP contribution is 2.40. The third-order valence-corrected chi connectivity index (χ3v) is 4.70. The first-order valence-corrected chi connectivity index (χ1v) is 8.81. The number of nitrogens with two attached hydrogens (primary N) is 1. The number of carbonyl (C=O) groups excluding carboxylic acids is 1. The number of halogens is 3. The fourth-order valence-corrected chi connectivity index (χ4v) is 3.38. The van der Waals surface area contributed by atoms with Crippen LogP contribution in [-0.2, 0) is 11.0 Å². The summed E-state index contributed by atoms with van der Waals surface area (Å²) in [5.41, 5.74) is 4.67. The third-order valence-electron chi connectivity index (χ3n) is 4.70. The summed E-state index contributed by atoms with van der Waals surface area (Å²) in [5, 5.41) is 0. The van der Waals surface area contributed by atoms with Gasteiger partial charge >= 0.3 is 6.18 Å². The molecular formula is C18H25F3N4O. The molecule has 0 spiro atoms.